The Morgan fingerprint density at radius 3 is 2.70 bits per heavy atom. The van der Waals surface area contributed by atoms with Gasteiger partial charge < -0.3 is 0 Å². The first-order valence-corrected chi connectivity index (χ1v) is 8.71. The molecule has 27 heavy (non-hydrogen) atoms. The predicted octanol–water partition coefficient (Wildman–Crippen LogP) is 4.65. The van der Waals surface area contributed by atoms with Crippen molar-refractivity contribution in [2.75, 3.05) is 0 Å². The van der Waals surface area contributed by atoms with Gasteiger partial charge in [-0.2, -0.15) is 10.2 Å². The number of amides is 1. The third-order valence-electron chi connectivity index (χ3n) is 4.17. The van der Waals surface area contributed by atoms with E-state index >= 15 is 0 Å². The van der Waals surface area contributed by atoms with Gasteiger partial charge in [0, 0.05) is 11.1 Å². The molecule has 0 saturated carbocycles. The first kappa shape index (κ1) is 17.0. The van der Waals surface area contributed by atoms with Crippen molar-refractivity contribution in [3.63, 3.8) is 0 Å². The van der Waals surface area contributed by atoms with Gasteiger partial charge in [0.15, 0.2) is 0 Å². The van der Waals surface area contributed by atoms with Crippen LogP contribution in [0, 0.1) is 0 Å². The number of nitrogens with one attached hydrogen (secondary N) is 2. The van der Waals surface area contributed by atoms with E-state index in [2.05, 4.69) is 20.7 Å². The summed E-state index contributed by atoms with van der Waals surface area (Å²) < 4.78 is 0. The van der Waals surface area contributed by atoms with Crippen LogP contribution in [0.4, 0.5) is 0 Å². The van der Waals surface area contributed by atoms with Crippen molar-refractivity contribution < 1.29 is 4.79 Å². The number of benzene rings is 3. The number of aromatic amines is 1. The Labute approximate surface area is 160 Å². The molecule has 5 nitrogen and oxygen atoms in total. The van der Waals surface area contributed by atoms with E-state index in [0.717, 1.165) is 21.9 Å². The summed E-state index contributed by atoms with van der Waals surface area (Å²) in [5.74, 6) is -0.378. The number of carbonyl (C=O) groups is 1. The third kappa shape index (κ3) is 3.59. The molecule has 6 heteroatoms. The second-order valence-electron chi connectivity index (χ2n) is 5.91. The van der Waals surface area contributed by atoms with Gasteiger partial charge in [0.1, 0.15) is 5.69 Å². The fraction of sp³-hybridized carbons (Fsp3) is 0. The van der Waals surface area contributed by atoms with E-state index in [9.17, 15) is 4.79 Å². The van der Waals surface area contributed by atoms with Crippen LogP contribution >= 0.6 is 11.6 Å². The Morgan fingerprint density at radius 2 is 1.81 bits per heavy atom. The summed E-state index contributed by atoms with van der Waals surface area (Å²) in [5, 5.41) is 13.7. The molecule has 0 atom stereocenters. The molecule has 4 rings (SSSR count). The molecule has 0 spiro atoms. The summed E-state index contributed by atoms with van der Waals surface area (Å²) in [7, 11) is 0. The lowest BCUT2D eigenvalue weighted by Gasteiger charge is -2.01. The number of halogens is 1. The smallest absolute Gasteiger partial charge is 0.272 e. The van der Waals surface area contributed by atoms with Crippen LogP contribution in [0.1, 0.15) is 16.1 Å². The maximum absolute atomic E-state index is 12.3. The van der Waals surface area contributed by atoms with Gasteiger partial charge in [-0.15, -0.1) is 0 Å². The molecule has 1 amide bonds. The standard InChI is InChI=1S/C21H15ClN4O/c22-18-11-4-3-10-17(18)19-12-20(25-24-19)21(27)26-23-13-15-8-5-7-14-6-1-2-9-16(14)15/h1-13H,(H,24,25)(H,26,27)/b23-13-. The first-order valence-electron chi connectivity index (χ1n) is 8.34. The average molecular weight is 375 g/mol. The second-order valence-corrected chi connectivity index (χ2v) is 6.32. The normalized spacial score (nSPS) is 11.1. The summed E-state index contributed by atoms with van der Waals surface area (Å²) >= 11 is 6.17. The van der Waals surface area contributed by atoms with E-state index in [1.54, 1.807) is 18.3 Å². The summed E-state index contributed by atoms with van der Waals surface area (Å²) in [6.07, 6.45) is 1.63. The predicted molar refractivity (Wildman–Crippen MR) is 108 cm³/mol. The molecule has 1 aromatic heterocycles. The molecule has 0 fully saturated rings. The number of hydrogen-bond acceptors (Lipinski definition) is 3. The van der Waals surface area contributed by atoms with Gasteiger partial charge in [-0.3, -0.25) is 9.89 Å². The molecule has 0 aliphatic heterocycles. The van der Waals surface area contributed by atoms with E-state index in [0.29, 0.717) is 16.4 Å². The van der Waals surface area contributed by atoms with Crippen LogP contribution in [0.15, 0.2) is 77.9 Å². The summed E-state index contributed by atoms with van der Waals surface area (Å²) in [6, 6.07) is 22.9. The van der Waals surface area contributed by atoms with Crippen LogP contribution in [-0.4, -0.2) is 22.3 Å². The lowest BCUT2D eigenvalue weighted by atomic mass is 10.1. The van der Waals surface area contributed by atoms with Crippen molar-refractivity contribution >= 4 is 34.5 Å². The number of aromatic nitrogens is 2. The molecular weight excluding hydrogens is 360 g/mol. The van der Waals surface area contributed by atoms with Crippen LogP contribution in [0.5, 0.6) is 0 Å². The van der Waals surface area contributed by atoms with Crippen LogP contribution in [0.25, 0.3) is 22.0 Å². The van der Waals surface area contributed by atoms with E-state index in [1.165, 1.54) is 0 Å². The number of carbonyl (C=O) groups excluding carboxylic acids is 1. The Kier molecular flexibility index (Phi) is 4.68. The van der Waals surface area contributed by atoms with Crippen LogP contribution in [0.2, 0.25) is 5.02 Å². The highest BCUT2D eigenvalue weighted by molar-refractivity contribution is 6.33. The van der Waals surface area contributed by atoms with E-state index in [1.807, 2.05) is 60.7 Å². The summed E-state index contributed by atoms with van der Waals surface area (Å²) in [4.78, 5) is 12.3. The van der Waals surface area contributed by atoms with Crippen molar-refractivity contribution in [1.82, 2.24) is 15.6 Å². The maximum Gasteiger partial charge on any atom is 0.289 e. The first-order chi connectivity index (χ1) is 13.2. The minimum atomic E-state index is -0.378. The zero-order valence-corrected chi connectivity index (χ0v) is 14.9. The van der Waals surface area contributed by atoms with Gasteiger partial charge in [0.25, 0.3) is 5.91 Å². The topological polar surface area (TPSA) is 70.1 Å². The van der Waals surface area contributed by atoms with E-state index < -0.39 is 0 Å². The van der Waals surface area contributed by atoms with E-state index in [-0.39, 0.29) is 5.91 Å². The van der Waals surface area contributed by atoms with Crippen molar-refractivity contribution in [3.05, 3.63) is 89.1 Å². The average Bonchev–Trinajstić information content (AvgIpc) is 3.18. The van der Waals surface area contributed by atoms with Gasteiger partial charge >= 0.3 is 0 Å². The van der Waals surface area contributed by atoms with Gasteiger partial charge in [0.2, 0.25) is 0 Å². The molecule has 0 saturated heterocycles. The zero-order chi connectivity index (χ0) is 18.6. The molecule has 4 aromatic rings. The Morgan fingerprint density at radius 1 is 1.04 bits per heavy atom. The Balaban J connectivity index is 1.50. The van der Waals surface area contributed by atoms with Gasteiger partial charge in [-0.1, -0.05) is 72.3 Å². The van der Waals surface area contributed by atoms with Gasteiger partial charge in [0.05, 0.1) is 16.9 Å². The number of nitrogens with zero attached hydrogens (tertiary/aromatic N) is 2. The van der Waals surface area contributed by atoms with Crippen molar-refractivity contribution in [2.24, 2.45) is 5.10 Å². The van der Waals surface area contributed by atoms with Crippen molar-refractivity contribution in [3.8, 4) is 11.3 Å². The lowest BCUT2D eigenvalue weighted by molar-refractivity contribution is 0.0950. The largest absolute Gasteiger partial charge is 0.289 e. The highest BCUT2D eigenvalue weighted by Crippen LogP contribution is 2.26. The zero-order valence-electron chi connectivity index (χ0n) is 14.2. The highest BCUT2D eigenvalue weighted by Gasteiger charge is 2.12. The Hall–Kier alpha value is -3.44. The molecule has 2 N–H and O–H groups in total. The number of hydrazone groups is 1. The number of hydrogen-bond donors (Lipinski definition) is 2. The molecule has 132 valence electrons. The quantitative estimate of drug-likeness (QED) is 0.403. The molecule has 1 heterocycles. The molecular formula is C21H15ClN4O. The van der Waals surface area contributed by atoms with Crippen molar-refractivity contribution in [2.45, 2.75) is 0 Å². The fourth-order valence-corrected chi connectivity index (χ4v) is 3.06. The van der Waals surface area contributed by atoms with Gasteiger partial charge in [-0.05, 0) is 22.9 Å². The van der Waals surface area contributed by atoms with Gasteiger partial charge in [-0.25, -0.2) is 5.43 Å². The summed E-state index contributed by atoms with van der Waals surface area (Å²) in [5.41, 5.74) is 5.11. The fourth-order valence-electron chi connectivity index (χ4n) is 2.83. The molecule has 3 aromatic carbocycles. The number of H-pyrrole nitrogens is 1. The minimum Gasteiger partial charge on any atom is -0.272 e. The third-order valence-corrected chi connectivity index (χ3v) is 4.49. The lowest BCUT2D eigenvalue weighted by Crippen LogP contribution is -2.18. The highest BCUT2D eigenvalue weighted by atomic mass is 35.5. The Bertz CT molecular complexity index is 1140. The molecule has 0 unspecified atom stereocenters. The van der Waals surface area contributed by atoms with Crippen molar-refractivity contribution in [1.29, 1.82) is 0 Å². The monoisotopic (exact) mass is 374 g/mol. The summed E-state index contributed by atoms with van der Waals surface area (Å²) in [6.45, 7) is 0. The number of fused-ring (bicyclic) bond motifs is 1. The number of rotatable bonds is 4. The van der Waals surface area contributed by atoms with E-state index in [4.69, 9.17) is 11.6 Å². The SMILES string of the molecule is O=C(N/N=C\c1cccc2ccccc12)c1cc(-c2ccccc2Cl)n[nH]1. The molecule has 0 aliphatic rings. The second kappa shape index (κ2) is 7.43. The van der Waals surface area contributed by atoms with Crippen LogP contribution in [-0.2, 0) is 0 Å². The molecule has 0 bridgehead atoms. The molecule has 0 radical (unpaired) electrons. The van der Waals surface area contributed by atoms with Crippen LogP contribution in [0.3, 0.4) is 0 Å². The maximum atomic E-state index is 12.3. The minimum absolute atomic E-state index is 0.306. The molecule has 0 aliphatic carbocycles. The van der Waals surface area contributed by atoms with Crippen LogP contribution < -0.4 is 5.43 Å².